The molecule has 7 rings (SSSR count). The number of fused-ring (bicyclic) bond motifs is 1. The Morgan fingerprint density at radius 1 is 1.00 bits per heavy atom. The molecule has 6 N–H and O–H groups in total. The van der Waals surface area contributed by atoms with Gasteiger partial charge in [0.05, 0.1) is 60.2 Å². The van der Waals surface area contributed by atoms with Crippen molar-refractivity contribution in [3.05, 3.63) is 103 Å². The van der Waals surface area contributed by atoms with Crippen LogP contribution < -0.4 is 16.0 Å². The van der Waals surface area contributed by atoms with Gasteiger partial charge in [0.15, 0.2) is 0 Å². The molecule has 4 unspecified atom stereocenters. The second kappa shape index (κ2) is 24.1. The smallest absolute Gasteiger partial charge is 0.292 e. The van der Waals surface area contributed by atoms with Crippen molar-refractivity contribution >= 4 is 35.7 Å². The van der Waals surface area contributed by atoms with E-state index in [4.69, 9.17) is 19.7 Å². The second-order valence-electron chi connectivity index (χ2n) is 17.7. The SMILES string of the molecule is CNC(C(=O)N1CCCC1c1ncc(-c2ccc(-c3ccc4cc(-c5cnc(CCCCNC(=O)C(NC(C)(C)C)C6C=CC=CC6)[nH]5)ccc4n3)c(F)c2)[nH]1)C(C)C.COC=O.O=CO. The number of imidazole rings is 2. The number of aromatic nitrogens is 5. The van der Waals surface area contributed by atoms with Gasteiger partial charge in [-0.1, -0.05) is 56.4 Å². The molecule has 2 amide bonds. The number of pyridine rings is 1. The van der Waals surface area contributed by atoms with Crippen LogP contribution in [-0.4, -0.2) is 105 Å². The van der Waals surface area contributed by atoms with Gasteiger partial charge in [-0.15, -0.1) is 0 Å². The van der Waals surface area contributed by atoms with Gasteiger partial charge in [-0.3, -0.25) is 19.2 Å². The molecule has 1 aliphatic heterocycles. The number of benzene rings is 2. The number of aromatic amines is 2. The number of nitrogens with one attached hydrogen (secondary N) is 5. The van der Waals surface area contributed by atoms with E-state index in [1.54, 1.807) is 12.3 Å². The molecule has 3 aromatic heterocycles. The van der Waals surface area contributed by atoms with Gasteiger partial charge < -0.3 is 40.7 Å². The van der Waals surface area contributed by atoms with Crippen LogP contribution in [0.3, 0.4) is 0 Å². The predicted molar refractivity (Wildman–Crippen MR) is 254 cm³/mol. The second-order valence-corrected chi connectivity index (χ2v) is 17.7. The normalized spacial score (nSPS) is 16.5. The topological polar surface area (TPSA) is 207 Å². The first-order valence-electron chi connectivity index (χ1n) is 22.4. The molecule has 2 aliphatic rings. The quantitative estimate of drug-likeness (QED) is 0.0421. The number of halogens is 1. The number of methoxy groups -OCH3 is 1. The Bertz CT molecular complexity index is 2460. The first kappa shape index (κ1) is 50.5. The largest absolute Gasteiger partial charge is 0.483 e. The van der Waals surface area contributed by atoms with Crippen molar-refractivity contribution in [2.24, 2.45) is 11.8 Å². The van der Waals surface area contributed by atoms with Crippen LogP contribution in [0.4, 0.5) is 4.39 Å². The van der Waals surface area contributed by atoms with Gasteiger partial charge in [-0.25, -0.2) is 19.3 Å². The molecule has 15 nitrogen and oxygen atoms in total. The van der Waals surface area contributed by atoms with Crippen LogP contribution in [0.2, 0.25) is 0 Å². The summed E-state index contributed by atoms with van der Waals surface area (Å²) in [7, 11) is 3.13. The molecule has 0 spiro atoms. The number of hydrogen-bond donors (Lipinski definition) is 6. The van der Waals surface area contributed by atoms with E-state index >= 15 is 4.39 Å². The standard InChI is InChI=1S/C47H58FN9O2.C2H4O2.CH2O2/c1-29(2)42(49-6)46(59)57-24-12-15-40(57)44-52-28-39(55-44)33-17-20-34(35(48)26-33)37-22-19-31-25-32(18-21-36(31)53-37)38-27-51-41(54-38)16-10-11-23-50-45(58)43(56-47(3,4)5)30-13-8-7-9-14-30;1-4-2-3;2-1-3/h7-9,13,17-22,25-30,40,42-43,49,56H,10-12,14-16,23-24H2,1-6H3,(H,50,58)(H,51,54)(H,52,55);2H,1H3;1H,(H,2,3). The first-order valence-corrected chi connectivity index (χ1v) is 22.4. The number of rotatable bonds is 16. The van der Waals surface area contributed by atoms with Gasteiger partial charge in [-0.05, 0) is 96.2 Å². The molecule has 66 heavy (non-hydrogen) atoms. The highest BCUT2D eigenvalue weighted by molar-refractivity contribution is 5.86. The van der Waals surface area contributed by atoms with Crippen molar-refractivity contribution in [1.82, 2.24) is 45.8 Å². The predicted octanol–water partition coefficient (Wildman–Crippen LogP) is 7.55. The number of hydrogen-bond acceptors (Lipinski definition) is 10. The molecule has 16 heteroatoms. The summed E-state index contributed by atoms with van der Waals surface area (Å²) in [6.45, 7) is 11.8. The maximum atomic E-state index is 15.7. The van der Waals surface area contributed by atoms with E-state index in [1.165, 1.54) is 13.2 Å². The lowest BCUT2D eigenvalue weighted by Crippen LogP contribution is -2.54. The average molecular weight is 906 g/mol. The minimum atomic E-state index is -0.378. The summed E-state index contributed by atoms with van der Waals surface area (Å²) in [5, 5.41) is 17.7. The van der Waals surface area contributed by atoms with Crippen LogP contribution >= 0.6 is 0 Å². The highest BCUT2D eigenvalue weighted by Gasteiger charge is 2.36. The molecule has 4 atom stereocenters. The van der Waals surface area contributed by atoms with Crippen LogP contribution in [0, 0.1) is 17.7 Å². The minimum Gasteiger partial charge on any atom is -0.483 e. The Hall–Kier alpha value is -6.52. The van der Waals surface area contributed by atoms with Crippen molar-refractivity contribution < 1.29 is 33.4 Å². The summed E-state index contributed by atoms with van der Waals surface area (Å²) in [6.07, 6.45) is 16.9. The third-order valence-electron chi connectivity index (χ3n) is 11.4. The number of carbonyl (C=O) groups excluding carboxylic acids is 3. The Kier molecular flexibility index (Phi) is 18.5. The van der Waals surface area contributed by atoms with Crippen molar-refractivity contribution in [3.8, 4) is 33.8 Å². The first-order chi connectivity index (χ1) is 31.7. The average Bonchev–Trinajstić information content (AvgIpc) is 4.11. The zero-order valence-corrected chi connectivity index (χ0v) is 38.9. The summed E-state index contributed by atoms with van der Waals surface area (Å²) in [5.74, 6) is 1.67. The van der Waals surface area contributed by atoms with Gasteiger partial charge in [-0.2, -0.15) is 0 Å². The van der Waals surface area contributed by atoms with Gasteiger partial charge in [0, 0.05) is 53.0 Å². The summed E-state index contributed by atoms with van der Waals surface area (Å²) < 4.78 is 19.6. The number of H-pyrrole nitrogens is 2. The minimum absolute atomic E-state index is 0.0398. The Labute approximate surface area is 386 Å². The van der Waals surface area contributed by atoms with Gasteiger partial charge >= 0.3 is 0 Å². The molecule has 0 saturated carbocycles. The zero-order chi connectivity index (χ0) is 47.8. The van der Waals surface area contributed by atoms with Crippen LogP contribution in [-0.2, 0) is 30.3 Å². The van der Waals surface area contributed by atoms with E-state index in [2.05, 4.69) is 79.6 Å². The molecular weight excluding hydrogens is 842 g/mol. The van der Waals surface area contributed by atoms with Crippen LogP contribution in [0.25, 0.3) is 44.7 Å². The summed E-state index contributed by atoms with van der Waals surface area (Å²) in [4.78, 5) is 66.7. The molecule has 4 heterocycles. The number of unbranched alkanes of at least 4 members (excludes halogenated alkanes) is 1. The Morgan fingerprint density at radius 3 is 2.38 bits per heavy atom. The van der Waals surface area contributed by atoms with Crippen molar-refractivity contribution in [3.63, 3.8) is 0 Å². The summed E-state index contributed by atoms with van der Waals surface area (Å²) in [6, 6.07) is 14.3. The van der Waals surface area contributed by atoms with E-state index in [1.807, 2.05) is 74.5 Å². The monoisotopic (exact) mass is 905 g/mol. The van der Waals surface area contributed by atoms with Crippen molar-refractivity contribution in [1.29, 1.82) is 0 Å². The lowest BCUT2D eigenvalue weighted by molar-refractivity contribution is -0.135. The van der Waals surface area contributed by atoms with Gasteiger partial charge in [0.25, 0.3) is 12.9 Å². The number of aryl methyl sites for hydroxylation is 1. The summed E-state index contributed by atoms with van der Waals surface area (Å²) >= 11 is 0. The zero-order valence-electron chi connectivity index (χ0n) is 38.9. The van der Waals surface area contributed by atoms with E-state index in [0.29, 0.717) is 42.1 Å². The number of nitrogens with zero attached hydrogens (tertiary/aromatic N) is 4. The van der Waals surface area contributed by atoms with E-state index in [-0.39, 0.29) is 59.6 Å². The lowest BCUT2D eigenvalue weighted by atomic mass is 9.90. The molecule has 352 valence electrons. The van der Waals surface area contributed by atoms with E-state index < -0.39 is 0 Å². The molecule has 0 radical (unpaired) electrons. The third-order valence-corrected chi connectivity index (χ3v) is 11.4. The highest BCUT2D eigenvalue weighted by atomic mass is 19.1. The molecule has 2 aromatic carbocycles. The van der Waals surface area contributed by atoms with Crippen LogP contribution in [0.1, 0.15) is 84.4 Å². The number of allylic oxidation sites excluding steroid dienone is 3. The van der Waals surface area contributed by atoms with Crippen LogP contribution in [0.5, 0.6) is 0 Å². The molecule has 1 saturated heterocycles. The molecule has 1 fully saturated rings. The lowest BCUT2D eigenvalue weighted by Gasteiger charge is -2.32. The number of carbonyl (C=O) groups is 4. The molecule has 0 bridgehead atoms. The third kappa shape index (κ3) is 13.5. The number of carboxylic acid groups (broad SMARTS) is 1. The number of amides is 2. The van der Waals surface area contributed by atoms with Gasteiger partial charge in [0.2, 0.25) is 11.8 Å². The fourth-order valence-electron chi connectivity index (χ4n) is 8.28. The Morgan fingerprint density at radius 2 is 1.71 bits per heavy atom. The fraction of sp³-hybridized carbons (Fsp3) is 0.420. The maximum Gasteiger partial charge on any atom is 0.292 e. The summed E-state index contributed by atoms with van der Waals surface area (Å²) in [5.41, 5.74) is 4.83. The Balaban J connectivity index is 0.00000109. The highest BCUT2D eigenvalue weighted by Crippen LogP contribution is 2.34. The molecular formula is C50H64FN9O6. The molecule has 5 aromatic rings. The number of likely N-dealkylation sites (tertiary alicyclic amines) is 1. The fourth-order valence-corrected chi connectivity index (χ4v) is 8.28. The van der Waals surface area contributed by atoms with E-state index in [0.717, 1.165) is 72.3 Å². The number of likely N-dealkylation sites (N-methyl/N-ethyl adjacent to an activating group) is 1. The number of ether oxygens (including phenoxy) is 1. The van der Waals surface area contributed by atoms with Gasteiger partial charge in [0.1, 0.15) is 17.5 Å². The molecule has 1 aliphatic carbocycles. The van der Waals surface area contributed by atoms with Crippen molar-refractivity contribution in [2.45, 2.75) is 96.8 Å². The maximum absolute atomic E-state index is 15.7. The van der Waals surface area contributed by atoms with Crippen molar-refractivity contribution in [2.75, 3.05) is 27.2 Å². The van der Waals surface area contributed by atoms with E-state index in [9.17, 15) is 9.59 Å². The van der Waals surface area contributed by atoms with Crippen LogP contribution in [0.15, 0.2) is 85.2 Å².